The Bertz CT molecular complexity index is 734. The highest BCUT2D eigenvalue weighted by Gasteiger charge is 2.22. The van der Waals surface area contributed by atoms with E-state index in [2.05, 4.69) is 0 Å². The average molecular weight is 504 g/mol. The molecule has 2 rings (SSSR count). The summed E-state index contributed by atoms with van der Waals surface area (Å²) in [5.74, 6) is 0. The highest BCUT2D eigenvalue weighted by molar-refractivity contribution is 7.60. The van der Waals surface area contributed by atoms with E-state index in [0.717, 1.165) is 5.56 Å². The molecule has 2 atom stereocenters. The molecule has 34 heavy (non-hydrogen) atoms. The van der Waals surface area contributed by atoms with Gasteiger partial charge in [0.15, 0.2) is 7.60 Å². The van der Waals surface area contributed by atoms with Crippen molar-refractivity contribution >= 4 is 12.9 Å². The first-order chi connectivity index (χ1) is 16.2. The van der Waals surface area contributed by atoms with Gasteiger partial charge in [0.2, 0.25) is 0 Å². The minimum atomic E-state index is -4.22. The molecular weight excluding hydrogens is 463 g/mol. The maximum absolute atomic E-state index is 12.8. The highest BCUT2D eigenvalue weighted by atomic mass is 31.2. The molecule has 0 aliphatic carbocycles. The first-order valence-electron chi connectivity index (χ1n) is 11.8. The second-order valence-electron chi connectivity index (χ2n) is 8.93. The zero-order chi connectivity index (χ0) is 24.9. The van der Waals surface area contributed by atoms with Gasteiger partial charge in [0.25, 0.3) is 0 Å². The van der Waals surface area contributed by atoms with Crippen LogP contribution in [0, 0.1) is 0 Å². The van der Waals surface area contributed by atoms with Crippen molar-refractivity contribution in [3.63, 3.8) is 0 Å². The molecule has 1 aromatic rings. The minimum Gasteiger partial charge on any atom is -0.775 e. The first kappa shape index (κ1) is 29.4. The summed E-state index contributed by atoms with van der Waals surface area (Å²) in [4.78, 5) is 12.8. The summed E-state index contributed by atoms with van der Waals surface area (Å²) >= 11 is 0. The standard InChI is InChI=1S/C24H41O9P/c1-5-33-34(25,26)23-16-21(24(2,3)4)7-6-20(23)17-31-19-22-18-30-13-12-28-9-8-27-10-11-29-14-15-32-22/h6-7,16,22H,5,8-15,17-19H2,1-4H3,(H,25,26)/p-1. The van der Waals surface area contributed by atoms with E-state index >= 15 is 0 Å². The second kappa shape index (κ2) is 15.3. The molecule has 0 N–H and O–H groups in total. The summed E-state index contributed by atoms with van der Waals surface area (Å²) < 4.78 is 51.6. The fraction of sp³-hybridized carbons (Fsp3) is 0.750. The van der Waals surface area contributed by atoms with E-state index in [4.69, 9.17) is 32.9 Å². The topological polar surface area (TPSA) is 105 Å². The first-order valence-corrected chi connectivity index (χ1v) is 13.4. The molecule has 0 amide bonds. The van der Waals surface area contributed by atoms with E-state index in [9.17, 15) is 9.46 Å². The Morgan fingerprint density at radius 2 is 1.56 bits per heavy atom. The zero-order valence-electron chi connectivity index (χ0n) is 20.9. The Kier molecular flexibility index (Phi) is 13.2. The predicted molar refractivity (Wildman–Crippen MR) is 127 cm³/mol. The quantitative estimate of drug-likeness (QED) is 0.518. The lowest BCUT2D eigenvalue weighted by molar-refractivity contribution is -0.193. The van der Waals surface area contributed by atoms with Gasteiger partial charge in [0.1, 0.15) is 6.10 Å². The van der Waals surface area contributed by atoms with Crippen molar-refractivity contribution < 1.29 is 42.4 Å². The third-order valence-corrected chi connectivity index (χ3v) is 6.71. The number of rotatable bonds is 7. The lowest BCUT2D eigenvalue weighted by Gasteiger charge is -2.28. The monoisotopic (exact) mass is 503 g/mol. The van der Waals surface area contributed by atoms with Gasteiger partial charge in [0.05, 0.1) is 79.3 Å². The summed E-state index contributed by atoms with van der Waals surface area (Å²) in [6, 6.07) is 5.41. The summed E-state index contributed by atoms with van der Waals surface area (Å²) in [7, 11) is -4.22. The lowest BCUT2D eigenvalue weighted by Crippen LogP contribution is -2.29. The summed E-state index contributed by atoms with van der Waals surface area (Å²) in [5.41, 5.74) is 1.26. The molecule has 1 aliphatic heterocycles. The molecule has 0 aromatic heterocycles. The normalized spacial score (nSPS) is 21.9. The van der Waals surface area contributed by atoms with Crippen LogP contribution in [0.4, 0.5) is 0 Å². The summed E-state index contributed by atoms with van der Waals surface area (Å²) in [6.45, 7) is 12.3. The van der Waals surface area contributed by atoms with Crippen LogP contribution in [0.5, 0.6) is 0 Å². The molecule has 1 aliphatic rings. The van der Waals surface area contributed by atoms with Crippen LogP contribution in [-0.2, 0) is 49.5 Å². The molecular formula is C24H40O9P-. The van der Waals surface area contributed by atoms with Gasteiger partial charge < -0.3 is 42.4 Å². The minimum absolute atomic E-state index is 0.0754. The van der Waals surface area contributed by atoms with Crippen LogP contribution in [0.3, 0.4) is 0 Å². The molecule has 0 bridgehead atoms. The van der Waals surface area contributed by atoms with Crippen molar-refractivity contribution in [3.05, 3.63) is 29.3 Å². The van der Waals surface area contributed by atoms with Crippen LogP contribution in [0.25, 0.3) is 0 Å². The van der Waals surface area contributed by atoms with Gasteiger partial charge in [-0.1, -0.05) is 32.9 Å². The summed E-state index contributed by atoms with van der Waals surface area (Å²) in [5, 5.41) is 0.161. The van der Waals surface area contributed by atoms with Gasteiger partial charge in [-0.3, -0.25) is 0 Å². The average Bonchev–Trinajstić information content (AvgIpc) is 2.78. The maximum Gasteiger partial charge on any atom is 0.165 e. The van der Waals surface area contributed by atoms with Gasteiger partial charge in [0, 0.05) is 5.30 Å². The fourth-order valence-electron chi connectivity index (χ4n) is 3.24. The van der Waals surface area contributed by atoms with E-state index in [1.807, 2.05) is 26.8 Å². The third kappa shape index (κ3) is 10.8. The van der Waals surface area contributed by atoms with E-state index in [0.29, 0.717) is 65.0 Å². The molecule has 1 heterocycles. The van der Waals surface area contributed by atoms with Gasteiger partial charge in [-0.15, -0.1) is 0 Å². The number of hydrogen-bond acceptors (Lipinski definition) is 9. The third-order valence-electron chi connectivity index (χ3n) is 5.11. The molecule has 2 unspecified atom stereocenters. The van der Waals surface area contributed by atoms with Crippen molar-refractivity contribution in [1.82, 2.24) is 0 Å². The van der Waals surface area contributed by atoms with Crippen molar-refractivity contribution in [3.8, 4) is 0 Å². The molecule has 1 fully saturated rings. The van der Waals surface area contributed by atoms with Crippen LogP contribution in [0.15, 0.2) is 18.2 Å². The van der Waals surface area contributed by atoms with E-state index in [1.54, 1.807) is 19.1 Å². The Labute approximate surface area is 203 Å². The predicted octanol–water partition coefficient (Wildman–Crippen LogP) is 2.18. The van der Waals surface area contributed by atoms with E-state index in [-0.39, 0.29) is 36.6 Å². The fourth-order valence-corrected chi connectivity index (χ4v) is 4.51. The highest BCUT2D eigenvalue weighted by Crippen LogP contribution is 2.38. The maximum atomic E-state index is 12.8. The molecule has 9 nitrogen and oxygen atoms in total. The molecule has 1 saturated heterocycles. The Hall–Kier alpha value is -0.870. The Balaban J connectivity index is 2.00. The van der Waals surface area contributed by atoms with Crippen molar-refractivity contribution in [1.29, 1.82) is 0 Å². The number of benzene rings is 1. The number of ether oxygens (including phenoxy) is 6. The zero-order valence-corrected chi connectivity index (χ0v) is 21.8. The molecule has 1 aromatic carbocycles. The molecule has 196 valence electrons. The van der Waals surface area contributed by atoms with Crippen LogP contribution in [0.1, 0.15) is 38.8 Å². The van der Waals surface area contributed by atoms with Gasteiger partial charge in [-0.2, -0.15) is 0 Å². The molecule has 0 radical (unpaired) electrons. The van der Waals surface area contributed by atoms with Crippen LogP contribution < -0.4 is 10.2 Å². The molecule has 0 spiro atoms. The van der Waals surface area contributed by atoms with Crippen molar-refractivity contribution in [2.24, 2.45) is 0 Å². The lowest BCUT2D eigenvalue weighted by atomic mass is 9.87. The summed E-state index contributed by atoms with van der Waals surface area (Å²) in [6.07, 6.45) is -0.326. The Morgan fingerprint density at radius 1 is 0.971 bits per heavy atom. The Morgan fingerprint density at radius 3 is 2.15 bits per heavy atom. The van der Waals surface area contributed by atoms with Crippen LogP contribution in [-0.4, -0.2) is 78.8 Å². The molecule has 0 saturated carbocycles. The van der Waals surface area contributed by atoms with Gasteiger partial charge in [-0.25, -0.2) is 0 Å². The molecule has 10 heteroatoms. The largest absolute Gasteiger partial charge is 0.775 e. The van der Waals surface area contributed by atoms with Crippen molar-refractivity contribution in [2.75, 3.05) is 72.7 Å². The van der Waals surface area contributed by atoms with Crippen LogP contribution >= 0.6 is 7.60 Å². The van der Waals surface area contributed by atoms with E-state index < -0.39 is 7.60 Å². The second-order valence-corrected chi connectivity index (χ2v) is 10.7. The number of hydrogen-bond donors (Lipinski definition) is 0. The van der Waals surface area contributed by atoms with E-state index in [1.165, 1.54) is 0 Å². The van der Waals surface area contributed by atoms with Gasteiger partial charge in [-0.05, 0) is 29.5 Å². The van der Waals surface area contributed by atoms with Crippen LogP contribution in [0.2, 0.25) is 0 Å². The van der Waals surface area contributed by atoms with Gasteiger partial charge >= 0.3 is 0 Å². The smallest absolute Gasteiger partial charge is 0.165 e. The SMILES string of the molecule is CCOP(=O)([O-])c1cc(C(C)(C)C)ccc1COCC1COCCOCCOCCOCCO1. The van der Waals surface area contributed by atoms with Crippen molar-refractivity contribution in [2.45, 2.75) is 45.8 Å².